The first-order valence-corrected chi connectivity index (χ1v) is 11.7. The standard InChI is InChI=1S/C11H18N2O5.C11H17N2O5.Ca/c2*1-13(6-9(14)12-18)10(15)7-4-2-3-5-8(7)11(16)17;/h7-8,18H,2-6H2,1H3,(H,12,14)(H,16,17);7-8H,2-6H2,1H3,(H2-,12,14,16,17,18);/q;-1;+2/p-1/t2*7-,8+;/m11./s1. The van der Waals surface area contributed by atoms with E-state index in [0.29, 0.717) is 25.7 Å². The minimum atomic E-state index is -1.23. The topological polar surface area (TPSA) is 220 Å². The van der Waals surface area contributed by atoms with Crippen LogP contribution in [0.1, 0.15) is 51.4 Å². The molecule has 0 aromatic heterocycles. The molecule has 0 bridgehead atoms. The molecule has 2 aliphatic carbocycles. The number of hydroxylamine groups is 2. The number of carboxylic acids is 2. The molecule has 0 spiro atoms. The van der Waals surface area contributed by atoms with Gasteiger partial charge in [-0.25, -0.2) is 5.48 Å². The van der Waals surface area contributed by atoms with E-state index in [1.54, 1.807) is 0 Å². The summed E-state index contributed by atoms with van der Waals surface area (Å²) >= 11 is 0. The van der Waals surface area contributed by atoms with Crippen molar-refractivity contribution in [2.75, 3.05) is 27.2 Å². The summed E-state index contributed by atoms with van der Waals surface area (Å²) in [5.74, 6) is -7.21. The van der Waals surface area contributed by atoms with Crippen molar-refractivity contribution in [3.63, 3.8) is 0 Å². The number of nitrogens with zero attached hydrogens (tertiary/aromatic N) is 2. The van der Waals surface area contributed by atoms with Crippen LogP contribution in [0.5, 0.6) is 0 Å². The Morgan fingerprint density at radius 2 is 1.14 bits per heavy atom. The van der Waals surface area contributed by atoms with Gasteiger partial charge in [0.05, 0.1) is 18.4 Å². The third-order valence-corrected chi connectivity index (χ3v) is 6.54. The van der Waals surface area contributed by atoms with Crippen LogP contribution in [0.3, 0.4) is 0 Å². The first kappa shape index (κ1) is 35.0. The Kier molecular flexibility index (Phi) is 16.6. The van der Waals surface area contributed by atoms with Crippen molar-refractivity contribution in [1.82, 2.24) is 20.8 Å². The molecule has 0 aromatic rings. The van der Waals surface area contributed by atoms with Gasteiger partial charge in [-0.15, -0.1) is 0 Å². The van der Waals surface area contributed by atoms with Crippen LogP contribution in [0, 0.1) is 28.9 Å². The third-order valence-electron chi connectivity index (χ3n) is 6.54. The van der Waals surface area contributed by atoms with Crippen LogP contribution in [0.15, 0.2) is 0 Å². The maximum Gasteiger partial charge on any atom is 2.00 e. The number of nitrogens with one attached hydrogen (secondary N) is 2. The number of amides is 4. The Morgan fingerprint density at radius 3 is 1.51 bits per heavy atom. The molecule has 4 N–H and O–H groups in total. The van der Waals surface area contributed by atoms with Gasteiger partial charge in [0.2, 0.25) is 17.7 Å². The van der Waals surface area contributed by atoms with Crippen molar-refractivity contribution in [3.05, 3.63) is 5.21 Å². The van der Waals surface area contributed by atoms with Gasteiger partial charge in [-0.2, -0.15) is 0 Å². The molecular formula is C22H34CaN4O10. The van der Waals surface area contributed by atoms with Crippen LogP contribution in [0.25, 0.3) is 0 Å². The van der Waals surface area contributed by atoms with Gasteiger partial charge < -0.3 is 35.5 Å². The third kappa shape index (κ3) is 11.1. The SMILES string of the molecule is CN(CC(=O)NO)C(=O)[C@@H]1CCCC[C@@H]1C(=O)O.CN(CC(=O)N[O-])C(=O)[C@@H]1CCCC[C@@H]1C(=O)[O-].[Ca+2]. The Balaban J connectivity index is 0.000000682. The molecule has 0 radical (unpaired) electrons. The summed E-state index contributed by atoms with van der Waals surface area (Å²) in [4.78, 5) is 70.2. The van der Waals surface area contributed by atoms with E-state index in [1.807, 2.05) is 0 Å². The second-order valence-corrected chi connectivity index (χ2v) is 9.10. The zero-order valence-corrected chi connectivity index (χ0v) is 23.4. The molecule has 0 aromatic carbocycles. The van der Waals surface area contributed by atoms with E-state index >= 15 is 0 Å². The molecule has 14 nitrogen and oxygen atoms in total. The smallest absolute Gasteiger partial charge is 0.759 e. The van der Waals surface area contributed by atoms with E-state index in [-0.39, 0.29) is 56.7 Å². The first-order chi connectivity index (χ1) is 16.9. The van der Waals surface area contributed by atoms with Crippen molar-refractivity contribution in [2.24, 2.45) is 23.7 Å². The largest absolute Gasteiger partial charge is 2.00 e. The van der Waals surface area contributed by atoms with Crippen molar-refractivity contribution < 1.29 is 44.2 Å². The van der Waals surface area contributed by atoms with Gasteiger partial charge in [0.1, 0.15) is 6.54 Å². The molecule has 37 heavy (non-hydrogen) atoms. The Labute approximate surface area is 244 Å². The van der Waals surface area contributed by atoms with Gasteiger partial charge in [-0.05, 0) is 25.7 Å². The quantitative estimate of drug-likeness (QED) is 0.148. The maximum absolute atomic E-state index is 12.1. The zero-order chi connectivity index (χ0) is 27.4. The summed E-state index contributed by atoms with van der Waals surface area (Å²) in [5.41, 5.74) is 2.61. The van der Waals surface area contributed by atoms with E-state index in [9.17, 15) is 39.1 Å². The fraction of sp³-hybridized carbons (Fsp3) is 0.727. The second kappa shape index (κ2) is 17.5. The Morgan fingerprint density at radius 1 is 0.757 bits per heavy atom. The van der Waals surface area contributed by atoms with Crippen LogP contribution in [-0.4, -0.2) is 121 Å². The molecule has 4 amide bonds. The molecular weight excluding hydrogens is 520 g/mol. The molecule has 2 fully saturated rings. The molecule has 0 heterocycles. The summed E-state index contributed by atoms with van der Waals surface area (Å²) < 4.78 is 0. The Hall–Kier alpha value is -2.00. The van der Waals surface area contributed by atoms with Crippen LogP contribution < -0.4 is 16.1 Å². The average molecular weight is 555 g/mol. The molecule has 0 unspecified atom stereocenters. The monoisotopic (exact) mass is 554 g/mol. The van der Waals surface area contributed by atoms with E-state index in [0.717, 1.165) is 35.5 Å². The van der Waals surface area contributed by atoms with Gasteiger partial charge in [0, 0.05) is 31.9 Å². The van der Waals surface area contributed by atoms with Gasteiger partial charge >= 0.3 is 43.7 Å². The van der Waals surface area contributed by atoms with E-state index in [1.165, 1.54) is 25.1 Å². The van der Waals surface area contributed by atoms with E-state index < -0.39 is 53.3 Å². The number of hydrogen-bond acceptors (Lipinski definition) is 9. The molecule has 4 atom stereocenters. The summed E-state index contributed by atoms with van der Waals surface area (Å²) in [5, 5.41) is 38.5. The summed E-state index contributed by atoms with van der Waals surface area (Å²) in [6, 6.07) is 0. The molecule has 2 aliphatic rings. The summed E-state index contributed by atoms with van der Waals surface area (Å²) in [6.45, 7) is -0.642. The van der Waals surface area contributed by atoms with Gasteiger partial charge in [0.15, 0.2) is 0 Å². The predicted molar refractivity (Wildman–Crippen MR) is 126 cm³/mol. The molecule has 2 saturated carbocycles. The van der Waals surface area contributed by atoms with Gasteiger partial charge in [0.25, 0.3) is 5.91 Å². The van der Waals surface area contributed by atoms with E-state index in [4.69, 9.17) is 10.3 Å². The van der Waals surface area contributed by atoms with Crippen molar-refractivity contribution in [1.29, 1.82) is 0 Å². The number of carbonyl (C=O) groups is 6. The fourth-order valence-electron chi connectivity index (χ4n) is 4.65. The Bertz CT molecular complexity index is 761. The molecule has 0 aliphatic heterocycles. The van der Waals surface area contributed by atoms with Gasteiger partial charge in [-0.3, -0.25) is 29.2 Å². The molecule has 0 saturated heterocycles. The minimum Gasteiger partial charge on any atom is -0.759 e. The number of carboxylic acid groups (broad SMARTS) is 2. The number of carbonyl (C=O) groups excluding carboxylic acids is 5. The average Bonchev–Trinajstić information content (AvgIpc) is 2.87. The van der Waals surface area contributed by atoms with Gasteiger partial charge in [-0.1, -0.05) is 25.7 Å². The zero-order valence-electron chi connectivity index (χ0n) is 21.1. The number of hydrogen-bond donors (Lipinski definition) is 4. The first-order valence-electron chi connectivity index (χ1n) is 11.7. The molecule has 2 rings (SSSR count). The van der Waals surface area contributed by atoms with Crippen LogP contribution >= 0.6 is 0 Å². The second-order valence-electron chi connectivity index (χ2n) is 9.10. The number of rotatable bonds is 8. The molecule has 204 valence electrons. The minimum absolute atomic E-state index is 0. The number of aliphatic carboxylic acids is 2. The fourth-order valence-corrected chi connectivity index (χ4v) is 4.65. The van der Waals surface area contributed by atoms with Crippen molar-refractivity contribution >= 4 is 73.3 Å². The van der Waals surface area contributed by atoms with E-state index in [2.05, 4.69) is 0 Å². The summed E-state index contributed by atoms with van der Waals surface area (Å²) in [7, 11) is 2.80. The van der Waals surface area contributed by atoms with Crippen LogP contribution in [-0.2, 0) is 28.8 Å². The molecule has 15 heteroatoms. The van der Waals surface area contributed by atoms with Crippen LogP contribution in [0.2, 0.25) is 0 Å². The van der Waals surface area contributed by atoms with Crippen molar-refractivity contribution in [3.8, 4) is 0 Å². The predicted octanol–water partition coefficient (Wildman–Crippen LogP) is -1.92. The maximum atomic E-state index is 12.1. The summed E-state index contributed by atoms with van der Waals surface area (Å²) in [6.07, 6.45) is 5.07. The number of likely N-dealkylation sites (N-methyl/N-ethyl adjacent to an activating group) is 2. The van der Waals surface area contributed by atoms with Crippen LogP contribution in [0.4, 0.5) is 0 Å². The normalized spacial score (nSPS) is 22.6. The van der Waals surface area contributed by atoms with Crippen molar-refractivity contribution in [2.45, 2.75) is 51.4 Å².